The molecule has 5 N–H and O–H groups in total. The van der Waals surface area contributed by atoms with Crippen LogP contribution in [-0.4, -0.2) is 143 Å². The SMILES string of the molecule is COC[C@]12CN(C)[C@@H]3[C@@H]4[C@H](O)[C@H]1[C@@]3([C@@H](OC)C[C@H]2O)[C@]1(O)C[C@@]2(O)[C@H](OC(=O)c3ccccc3)[C@@H]1[C@]4(OC(C)=O)[C@@H](O)[C@@H]2OC. The molecule has 1 saturated heterocycles. The van der Waals surface area contributed by atoms with Crippen molar-refractivity contribution < 1.29 is 58.8 Å². The average molecular weight is 634 g/mol. The van der Waals surface area contributed by atoms with Gasteiger partial charge in [-0.3, -0.25) is 4.79 Å². The van der Waals surface area contributed by atoms with E-state index in [0.29, 0.717) is 0 Å². The minimum Gasteiger partial charge on any atom is -0.455 e. The fraction of sp³-hybridized carbons (Fsp3) is 0.750. The highest BCUT2D eigenvalue weighted by molar-refractivity contribution is 5.89. The highest BCUT2D eigenvalue weighted by Gasteiger charge is 2.96. The first-order chi connectivity index (χ1) is 21.3. The molecule has 6 fully saturated rings. The molecule has 1 aromatic carbocycles. The number of methoxy groups -OCH3 is 3. The molecular formula is C32H43NO12. The summed E-state index contributed by atoms with van der Waals surface area (Å²) in [6.07, 6.45) is -8.41. The minimum absolute atomic E-state index is 0.0269. The molecule has 7 bridgehead atoms. The van der Waals surface area contributed by atoms with Gasteiger partial charge in [-0.2, -0.15) is 0 Å². The van der Waals surface area contributed by atoms with Crippen molar-refractivity contribution in [3.63, 3.8) is 0 Å². The van der Waals surface area contributed by atoms with Crippen molar-refractivity contribution in [2.75, 3.05) is 41.5 Å². The minimum atomic E-state index is -2.16. The topological polar surface area (TPSA) is 185 Å². The fourth-order valence-electron chi connectivity index (χ4n) is 12.0. The van der Waals surface area contributed by atoms with E-state index in [0.717, 1.165) is 6.92 Å². The Morgan fingerprint density at radius 3 is 2.29 bits per heavy atom. The van der Waals surface area contributed by atoms with E-state index in [1.54, 1.807) is 37.4 Å². The number of benzene rings is 1. The largest absolute Gasteiger partial charge is 0.455 e. The van der Waals surface area contributed by atoms with Crippen LogP contribution in [0.1, 0.15) is 30.1 Å². The van der Waals surface area contributed by atoms with E-state index in [1.165, 1.54) is 21.3 Å². The zero-order valence-corrected chi connectivity index (χ0v) is 26.0. The quantitative estimate of drug-likeness (QED) is 0.224. The maximum atomic E-state index is 13.6. The lowest BCUT2D eigenvalue weighted by Crippen LogP contribution is -2.85. The summed E-state index contributed by atoms with van der Waals surface area (Å²) in [5.41, 5.74) is -8.68. The first-order valence-corrected chi connectivity index (χ1v) is 15.5. The van der Waals surface area contributed by atoms with Crippen LogP contribution in [0.4, 0.5) is 0 Å². The number of carbonyl (C=O) groups is 2. The average Bonchev–Trinajstić information content (AvgIpc) is 3.33. The molecule has 1 heterocycles. The Balaban J connectivity index is 1.54. The molecule has 5 aliphatic carbocycles. The summed E-state index contributed by atoms with van der Waals surface area (Å²) in [6, 6.07) is 7.37. The summed E-state index contributed by atoms with van der Waals surface area (Å²) in [6.45, 7) is 1.46. The lowest BCUT2D eigenvalue weighted by molar-refractivity contribution is -0.353. The van der Waals surface area contributed by atoms with Gasteiger partial charge in [0, 0.05) is 76.3 Å². The van der Waals surface area contributed by atoms with Crippen molar-refractivity contribution >= 4 is 11.9 Å². The van der Waals surface area contributed by atoms with Crippen molar-refractivity contribution in [2.45, 2.75) is 79.2 Å². The van der Waals surface area contributed by atoms with Crippen LogP contribution in [0.15, 0.2) is 30.3 Å². The molecule has 13 nitrogen and oxygen atoms in total. The van der Waals surface area contributed by atoms with Gasteiger partial charge in [-0.1, -0.05) is 18.2 Å². The van der Waals surface area contributed by atoms with Gasteiger partial charge >= 0.3 is 11.9 Å². The molecule has 1 aliphatic heterocycles. The molecule has 1 spiro atoms. The third-order valence-electron chi connectivity index (χ3n) is 12.7. The Bertz CT molecular complexity index is 1380. The normalized spacial score (nSPS) is 52.4. The second-order valence-corrected chi connectivity index (χ2v) is 14.2. The van der Waals surface area contributed by atoms with Crippen LogP contribution < -0.4 is 0 Å². The molecule has 0 unspecified atom stereocenters. The Hall–Kier alpha value is -2.20. The van der Waals surface area contributed by atoms with Gasteiger partial charge in [-0.05, 0) is 19.2 Å². The number of hydrogen-bond donors (Lipinski definition) is 5. The highest BCUT2D eigenvalue weighted by atomic mass is 16.6. The predicted molar refractivity (Wildman–Crippen MR) is 153 cm³/mol. The molecule has 0 amide bonds. The van der Waals surface area contributed by atoms with E-state index in [4.69, 9.17) is 23.7 Å². The van der Waals surface area contributed by atoms with Gasteiger partial charge in [-0.15, -0.1) is 0 Å². The number of fused-ring (bicyclic) bond motifs is 2. The number of hydrogen-bond acceptors (Lipinski definition) is 13. The molecule has 1 aromatic rings. The number of aliphatic hydroxyl groups is 5. The predicted octanol–water partition coefficient (Wildman–Crippen LogP) is -1.28. The maximum absolute atomic E-state index is 13.6. The van der Waals surface area contributed by atoms with E-state index >= 15 is 0 Å². The van der Waals surface area contributed by atoms with Gasteiger partial charge in [0.1, 0.15) is 23.9 Å². The first kappa shape index (κ1) is 31.4. The summed E-state index contributed by atoms with van der Waals surface area (Å²) < 4.78 is 29.9. The standard InChI is InChI=1S/C32H43NO12/c1-15(34)45-32-19-20(36)21-28(14-41-3)13-33(2)23(19)31(21,18(42-4)11-17(28)35)30(40)12-29(39,26(43-5)24(32)37)25(22(30)32)44-27(38)16-9-7-6-8-10-16/h6-10,17-26,35-37,39-40H,11-14H2,1-5H3/t17-,18+,19+,20+,21-,22+,23-,24+,25-,26+,28+,29-,30+,31-,32+/m1/s1. The molecule has 13 heteroatoms. The van der Waals surface area contributed by atoms with E-state index < -0.39 is 106 Å². The number of nitrogens with zero attached hydrogens (tertiary/aromatic N) is 1. The molecule has 6 aliphatic rings. The van der Waals surface area contributed by atoms with Gasteiger partial charge in [-0.25, -0.2) is 4.79 Å². The van der Waals surface area contributed by atoms with E-state index in [2.05, 4.69) is 0 Å². The summed E-state index contributed by atoms with van der Waals surface area (Å²) in [5, 5.41) is 62.8. The van der Waals surface area contributed by atoms with Crippen molar-refractivity contribution in [1.82, 2.24) is 4.90 Å². The Morgan fingerprint density at radius 1 is 1.00 bits per heavy atom. The second kappa shape index (κ2) is 9.91. The van der Waals surface area contributed by atoms with Gasteiger partial charge in [0.25, 0.3) is 0 Å². The van der Waals surface area contributed by atoms with E-state index in [-0.39, 0.29) is 25.1 Å². The lowest BCUT2D eigenvalue weighted by Gasteiger charge is -2.72. The Kier molecular flexibility index (Phi) is 6.91. The van der Waals surface area contributed by atoms with Crippen LogP contribution in [0.3, 0.4) is 0 Å². The van der Waals surface area contributed by atoms with Crippen molar-refractivity contribution in [3.05, 3.63) is 35.9 Å². The molecular weight excluding hydrogens is 590 g/mol. The molecule has 0 radical (unpaired) electrons. The van der Waals surface area contributed by atoms with Crippen LogP contribution in [0.5, 0.6) is 0 Å². The molecule has 248 valence electrons. The number of aliphatic hydroxyl groups excluding tert-OH is 3. The number of likely N-dealkylation sites (tertiary alicyclic amines) is 1. The zero-order chi connectivity index (χ0) is 32.5. The number of carbonyl (C=O) groups excluding carboxylic acids is 2. The summed E-state index contributed by atoms with van der Waals surface area (Å²) in [4.78, 5) is 28.6. The first-order valence-electron chi connectivity index (χ1n) is 15.5. The van der Waals surface area contributed by atoms with Crippen LogP contribution >= 0.6 is 0 Å². The van der Waals surface area contributed by atoms with Gasteiger partial charge in [0.05, 0.1) is 42.0 Å². The summed E-state index contributed by atoms with van der Waals surface area (Å²) in [5.74, 6) is -5.00. The Morgan fingerprint density at radius 2 is 1.69 bits per heavy atom. The number of piperidine rings is 1. The third kappa shape index (κ3) is 3.34. The molecule has 5 saturated carbocycles. The molecule has 7 rings (SSSR count). The van der Waals surface area contributed by atoms with Crippen LogP contribution in [0, 0.1) is 28.6 Å². The molecule has 15 atom stereocenters. The number of ether oxygens (including phenoxy) is 5. The van der Waals surface area contributed by atoms with Crippen LogP contribution in [0.25, 0.3) is 0 Å². The molecule has 45 heavy (non-hydrogen) atoms. The fourth-order valence-corrected chi connectivity index (χ4v) is 12.0. The smallest absolute Gasteiger partial charge is 0.338 e. The molecule has 0 aromatic heterocycles. The van der Waals surface area contributed by atoms with Crippen molar-refractivity contribution in [1.29, 1.82) is 0 Å². The lowest BCUT2D eigenvalue weighted by atomic mass is 9.40. The second-order valence-electron chi connectivity index (χ2n) is 14.2. The monoisotopic (exact) mass is 633 g/mol. The number of esters is 2. The third-order valence-corrected chi connectivity index (χ3v) is 12.7. The van der Waals surface area contributed by atoms with E-state index in [1.807, 2.05) is 4.90 Å². The Labute approximate surface area is 261 Å². The van der Waals surface area contributed by atoms with E-state index in [9.17, 15) is 35.1 Å². The highest BCUT2D eigenvalue weighted by Crippen LogP contribution is 2.81. The van der Waals surface area contributed by atoms with Crippen molar-refractivity contribution in [2.24, 2.45) is 28.6 Å². The van der Waals surface area contributed by atoms with Crippen LogP contribution in [0.2, 0.25) is 0 Å². The maximum Gasteiger partial charge on any atom is 0.338 e. The summed E-state index contributed by atoms with van der Waals surface area (Å²) in [7, 11) is 6.04. The zero-order valence-electron chi connectivity index (χ0n) is 26.0. The van der Waals surface area contributed by atoms with Crippen molar-refractivity contribution in [3.8, 4) is 0 Å². The van der Waals surface area contributed by atoms with Gasteiger partial charge in [0.2, 0.25) is 0 Å². The van der Waals surface area contributed by atoms with Crippen LogP contribution in [-0.2, 0) is 28.5 Å². The summed E-state index contributed by atoms with van der Waals surface area (Å²) >= 11 is 0. The number of rotatable bonds is 7. The van der Waals surface area contributed by atoms with Gasteiger partial charge < -0.3 is 54.1 Å². The van der Waals surface area contributed by atoms with Gasteiger partial charge in [0.15, 0.2) is 5.60 Å².